The van der Waals surface area contributed by atoms with Crippen LogP contribution in [-0.4, -0.2) is 31.2 Å². The summed E-state index contributed by atoms with van der Waals surface area (Å²) in [5.74, 6) is 0.244. The lowest BCUT2D eigenvalue weighted by molar-refractivity contribution is -0.139. The molecular formula is C32H30ClN3O4S. The zero-order chi connectivity index (χ0) is 29.1. The molecule has 0 spiro atoms. The van der Waals surface area contributed by atoms with Gasteiger partial charge in [0.25, 0.3) is 5.56 Å². The van der Waals surface area contributed by atoms with Crippen molar-refractivity contribution in [2.24, 2.45) is 4.99 Å². The van der Waals surface area contributed by atoms with Gasteiger partial charge in [0, 0.05) is 24.8 Å². The highest BCUT2D eigenvalue weighted by Crippen LogP contribution is 2.31. The van der Waals surface area contributed by atoms with E-state index in [2.05, 4.69) is 4.99 Å². The summed E-state index contributed by atoms with van der Waals surface area (Å²) in [5, 5.41) is 0.684. The van der Waals surface area contributed by atoms with E-state index in [4.69, 9.17) is 21.1 Å². The Kier molecular flexibility index (Phi) is 8.42. The fourth-order valence-corrected chi connectivity index (χ4v) is 5.79. The quantitative estimate of drug-likeness (QED) is 0.268. The summed E-state index contributed by atoms with van der Waals surface area (Å²) >= 11 is 7.25. The van der Waals surface area contributed by atoms with Gasteiger partial charge in [0.1, 0.15) is 12.4 Å². The minimum atomic E-state index is -0.646. The van der Waals surface area contributed by atoms with Gasteiger partial charge in [-0.15, -0.1) is 0 Å². The summed E-state index contributed by atoms with van der Waals surface area (Å²) in [6, 6.07) is 22.3. The van der Waals surface area contributed by atoms with Gasteiger partial charge in [0.05, 0.1) is 28.5 Å². The van der Waals surface area contributed by atoms with Crippen molar-refractivity contribution >= 4 is 40.7 Å². The second-order valence-corrected chi connectivity index (χ2v) is 11.2. The SMILES string of the molecule is CCOC(=O)C1=C(C)N=c2s/c(=C\c3ccc(OCc4ccc(Cl)cc4)cc3)c(=O)n2[C@H]1c1ccc(N(C)C)cc1. The van der Waals surface area contributed by atoms with Crippen LogP contribution in [0.15, 0.2) is 93.9 Å². The van der Waals surface area contributed by atoms with Gasteiger partial charge in [-0.3, -0.25) is 9.36 Å². The van der Waals surface area contributed by atoms with Crippen LogP contribution in [0, 0.1) is 0 Å². The molecular weight excluding hydrogens is 558 g/mol. The highest BCUT2D eigenvalue weighted by molar-refractivity contribution is 7.07. The average Bonchev–Trinajstić information content (AvgIpc) is 3.26. The van der Waals surface area contributed by atoms with Crippen LogP contribution in [0.5, 0.6) is 5.75 Å². The largest absolute Gasteiger partial charge is 0.489 e. The molecule has 0 radical (unpaired) electrons. The molecule has 0 N–H and O–H groups in total. The van der Waals surface area contributed by atoms with E-state index >= 15 is 0 Å². The first kappa shape index (κ1) is 28.4. The summed E-state index contributed by atoms with van der Waals surface area (Å²) in [7, 11) is 3.93. The number of carbonyl (C=O) groups excluding carboxylic acids is 1. The third kappa shape index (κ3) is 6.14. The average molecular weight is 588 g/mol. The Morgan fingerprint density at radius 3 is 2.37 bits per heavy atom. The van der Waals surface area contributed by atoms with Crippen LogP contribution in [0.4, 0.5) is 5.69 Å². The van der Waals surface area contributed by atoms with E-state index in [0.717, 1.165) is 28.1 Å². The number of rotatable bonds is 8. The highest BCUT2D eigenvalue weighted by atomic mass is 35.5. The molecule has 41 heavy (non-hydrogen) atoms. The Morgan fingerprint density at radius 1 is 1.05 bits per heavy atom. The Labute approximate surface area is 247 Å². The van der Waals surface area contributed by atoms with Crippen molar-refractivity contribution < 1.29 is 14.3 Å². The van der Waals surface area contributed by atoms with Gasteiger partial charge in [-0.1, -0.05) is 59.3 Å². The summed E-state index contributed by atoms with van der Waals surface area (Å²) in [5.41, 5.74) is 4.38. The van der Waals surface area contributed by atoms with Crippen molar-refractivity contribution in [2.45, 2.75) is 26.5 Å². The third-order valence-electron chi connectivity index (χ3n) is 6.74. The molecule has 1 aliphatic heterocycles. The highest BCUT2D eigenvalue weighted by Gasteiger charge is 2.33. The van der Waals surface area contributed by atoms with Crippen molar-refractivity contribution in [1.29, 1.82) is 0 Å². The van der Waals surface area contributed by atoms with E-state index in [1.165, 1.54) is 11.3 Å². The number of benzene rings is 3. The molecule has 9 heteroatoms. The van der Waals surface area contributed by atoms with Crippen molar-refractivity contribution in [3.63, 3.8) is 0 Å². The lowest BCUT2D eigenvalue weighted by atomic mass is 9.95. The number of halogens is 1. The summed E-state index contributed by atoms with van der Waals surface area (Å²) < 4.78 is 13.4. The first-order valence-electron chi connectivity index (χ1n) is 13.2. The zero-order valence-corrected chi connectivity index (χ0v) is 24.8. The molecule has 0 fully saturated rings. The second kappa shape index (κ2) is 12.2. The number of allylic oxidation sites excluding steroid dienone is 1. The van der Waals surface area contributed by atoms with Crippen LogP contribution >= 0.6 is 22.9 Å². The third-order valence-corrected chi connectivity index (χ3v) is 7.97. The number of hydrogen-bond acceptors (Lipinski definition) is 7. The van der Waals surface area contributed by atoms with Crippen LogP contribution in [0.25, 0.3) is 6.08 Å². The number of carbonyl (C=O) groups is 1. The molecule has 0 saturated carbocycles. The molecule has 0 amide bonds. The molecule has 1 atom stereocenters. The Balaban J connectivity index is 1.49. The van der Waals surface area contributed by atoms with Crippen molar-refractivity contribution in [3.05, 3.63) is 125 Å². The van der Waals surface area contributed by atoms with E-state index in [1.54, 1.807) is 18.4 Å². The van der Waals surface area contributed by atoms with Gasteiger partial charge >= 0.3 is 5.97 Å². The number of ether oxygens (including phenoxy) is 2. The summed E-state index contributed by atoms with van der Waals surface area (Å²) in [6.45, 7) is 4.20. The molecule has 2 heterocycles. The fraction of sp³-hybridized carbons (Fsp3) is 0.219. The maximum atomic E-state index is 13.8. The van der Waals surface area contributed by atoms with Gasteiger partial charge < -0.3 is 14.4 Å². The Hall–Kier alpha value is -4.14. The molecule has 7 nitrogen and oxygen atoms in total. The predicted octanol–water partition coefficient (Wildman–Crippen LogP) is 5.10. The topological polar surface area (TPSA) is 73.1 Å². The van der Waals surface area contributed by atoms with Crippen LogP contribution in [0.2, 0.25) is 5.02 Å². The summed E-state index contributed by atoms with van der Waals surface area (Å²) in [4.78, 5) is 34.1. The number of nitrogens with zero attached hydrogens (tertiary/aromatic N) is 3. The van der Waals surface area contributed by atoms with Crippen molar-refractivity contribution in [2.75, 3.05) is 25.6 Å². The smallest absolute Gasteiger partial charge is 0.338 e. The van der Waals surface area contributed by atoms with Gasteiger partial charge in [-0.25, -0.2) is 9.79 Å². The monoisotopic (exact) mass is 587 g/mol. The van der Waals surface area contributed by atoms with Gasteiger partial charge in [0.15, 0.2) is 4.80 Å². The van der Waals surface area contributed by atoms with Gasteiger partial charge in [-0.2, -0.15) is 0 Å². The van der Waals surface area contributed by atoms with Crippen LogP contribution in [-0.2, 0) is 16.1 Å². The van der Waals surface area contributed by atoms with E-state index in [9.17, 15) is 9.59 Å². The first-order valence-corrected chi connectivity index (χ1v) is 14.4. The normalized spacial score (nSPS) is 14.9. The van der Waals surface area contributed by atoms with Gasteiger partial charge in [-0.05, 0) is 73.0 Å². The zero-order valence-electron chi connectivity index (χ0n) is 23.3. The van der Waals surface area contributed by atoms with Crippen LogP contribution in [0.1, 0.15) is 36.6 Å². The molecule has 0 saturated heterocycles. The standard InChI is InChI=1S/C32H30ClN3O4S/c1-5-39-31(38)28-20(2)34-32-36(29(28)23-10-14-25(15-11-23)35(3)4)30(37)27(41-32)18-21-8-16-26(17-9-21)40-19-22-6-12-24(33)13-7-22/h6-18,29H,5,19H2,1-4H3/b27-18-/t29-/m0/s1. The molecule has 1 aliphatic rings. The number of anilines is 1. The minimum absolute atomic E-state index is 0.215. The Morgan fingerprint density at radius 2 is 1.73 bits per heavy atom. The van der Waals surface area contributed by atoms with E-state index < -0.39 is 12.0 Å². The molecule has 3 aromatic carbocycles. The van der Waals surface area contributed by atoms with Crippen LogP contribution in [0.3, 0.4) is 0 Å². The molecule has 0 aliphatic carbocycles. The minimum Gasteiger partial charge on any atom is -0.489 e. The molecule has 0 unspecified atom stereocenters. The number of hydrogen-bond donors (Lipinski definition) is 0. The lowest BCUT2D eigenvalue weighted by Crippen LogP contribution is -2.39. The lowest BCUT2D eigenvalue weighted by Gasteiger charge is -2.25. The first-order chi connectivity index (χ1) is 19.7. The van der Waals surface area contributed by atoms with E-state index in [0.29, 0.717) is 32.2 Å². The number of thiazole rings is 1. The maximum Gasteiger partial charge on any atom is 0.338 e. The fourth-order valence-electron chi connectivity index (χ4n) is 4.62. The number of aromatic nitrogens is 1. The molecule has 5 rings (SSSR count). The van der Waals surface area contributed by atoms with E-state index in [1.807, 2.05) is 97.9 Å². The molecule has 4 aromatic rings. The summed E-state index contributed by atoms with van der Waals surface area (Å²) in [6.07, 6.45) is 1.84. The van der Waals surface area contributed by atoms with Crippen LogP contribution < -0.4 is 24.5 Å². The van der Waals surface area contributed by atoms with Crippen molar-refractivity contribution in [1.82, 2.24) is 4.57 Å². The van der Waals surface area contributed by atoms with Crippen molar-refractivity contribution in [3.8, 4) is 5.75 Å². The number of esters is 1. The second-order valence-electron chi connectivity index (χ2n) is 9.77. The molecule has 1 aromatic heterocycles. The predicted molar refractivity (Wildman–Crippen MR) is 163 cm³/mol. The molecule has 0 bridgehead atoms. The van der Waals surface area contributed by atoms with E-state index in [-0.39, 0.29) is 12.2 Å². The molecule has 210 valence electrons. The Bertz CT molecular complexity index is 1770. The van der Waals surface area contributed by atoms with Gasteiger partial charge in [0.2, 0.25) is 0 Å². The number of fused-ring (bicyclic) bond motifs is 1. The maximum absolute atomic E-state index is 13.8.